The molecule has 1 saturated heterocycles. The standard InChI is InChI=1S/C23H30N2O2/c1-17-7-12-21(18(2)15-17)23(26)24-16-22(25-13-5-4-6-14-25)19-8-10-20(27-3)11-9-19/h7-12,15,22H,4-6,13-14,16H2,1-3H3,(H,24,26)/t22-/m0/s1. The molecular weight excluding hydrogens is 336 g/mol. The van der Waals surface area contributed by atoms with Crippen molar-refractivity contribution >= 4 is 5.91 Å². The Balaban J connectivity index is 1.75. The van der Waals surface area contributed by atoms with E-state index < -0.39 is 0 Å². The highest BCUT2D eigenvalue weighted by molar-refractivity contribution is 5.95. The first kappa shape index (κ1) is 19.4. The number of benzene rings is 2. The maximum absolute atomic E-state index is 12.7. The lowest BCUT2D eigenvalue weighted by molar-refractivity contribution is 0.0924. The van der Waals surface area contributed by atoms with Gasteiger partial charge in [0.1, 0.15) is 5.75 Å². The first-order valence-corrected chi connectivity index (χ1v) is 9.82. The van der Waals surface area contributed by atoms with Gasteiger partial charge in [0.2, 0.25) is 0 Å². The molecule has 0 radical (unpaired) electrons. The summed E-state index contributed by atoms with van der Waals surface area (Å²) in [6.07, 6.45) is 3.73. The van der Waals surface area contributed by atoms with E-state index in [1.807, 2.05) is 38.1 Å². The van der Waals surface area contributed by atoms with Gasteiger partial charge in [0.05, 0.1) is 13.2 Å². The molecule has 0 bridgehead atoms. The Hall–Kier alpha value is -2.33. The van der Waals surface area contributed by atoms with Crippen molar-refractivity contribution in [1.29, 1.82) is 0 Å². The van der Waals surface area contributed by atoms with Crippen LogP contribution in [0, 0.1) is 13.8 Å². The van der Waals surface area contributed by atoms with Gasteiger partial charge in [-0.05, 0) is 69.1 Å². The Morgan fingerprint density at radius 2 is 1.78 bits per heavy atom. The minimum absolute atomic E-state index is 0.00280. The SMILES string of the molecule is COc1ccc([C@H](CNC(=O)c2ccc(C)cc2C)N2CCCCC2)cc1. The lowest BCUT2D eigenvalue weighted by Gasteiger charge is -2.35. The number of rotatable bonds is 6. The Morgan fingerprint density at radius 1 is 1.07 bits per heavy atom. The average molecular weight is 367 g/mol. The average Bonchev–Trinajstić information content (AvgIpc) is 2.69. The Morgan fingerprint density at radius 3 is 2.41 bits per heavy atom. The molecule has 4 nitrogen and oxygen atoms in total. The lowest BCUT2D eigenvalue weighted by atomic mass is 10.0. The number of hydrogen-bond donors (Lipinski definition) is 1. The van der Waals surface area contributed by atoms with Crippen molar-refractivity contribution in [3.8, 4) is 5.75 Å². The van der Waals surface area contributed by atoms with Gasteiger partial charge in [-0.25, -0.2) is 0 Å². The first-order chi connectivity index (χ1) is 13.1. The highest BCUT2D eigenvalue weighted by Gasteiger charge is 2.23. The van der Waals surface area contributed by atoms with Crippen LogP contribution in [-0.2, 0) is 0 Å². The number of carbonyl (C=O) groups is 1. The van der Waals surface area contributed by atoms with Gasteiger partial charge >= 0.3 is 0 Å². The normalized spacial score (nSPS) is 16.0. The molecule has 1 atom stereocenters. The first-order valence-electron chi connectivity index (χ1n) is 9.82. The van der Waals surface area contributed by atoms with E-state index in [4.69, 9.17) is 4.74 Å². The third-order valence-corrected chi connectivity index (χ3v) is 5.41. The molecule has 0 aromatic heterocycles. The molecule has 1 amide bonds. The second-order valence-corrected chi connectivity index (χ2v) is 7.41. The van der Waals surface area contributed by atoms with Crippen molar-refractivity contribution in [3.63, 3.8) is 0 Å². The number of ether oxygens (including phenoxy) is 1. The topological polar surface area (TPSA) is 41.6 Å². The van der Waals surface area contributed by atoms with E-state index in [1.165, 1.54) is 30.4 Å². The molecule has 2 aromatic carbocycles. The van der Waals surface area contributed by atoms with Crippen molar-refractivity contribution in [2.45, 2.75) is 39.2 Å². The van der Waals surface area contributed by atoms with Crippen molar-refractivity contribution in [2.24, 2.45) is 0 Å². The molecule has 4 heteroatoms. The van der Waals surface area contributed by atoms with Gasteiger partial charge in [-0.2, -0.15) is 0 Å². The predicted octanol–water partition coefficient (Wildman–Crippen LogP) is 4.27. The van der Waals surface area contributed by atoms with Crippen LogP contribution in [0.4, 0.5) is 0 Å². The van der Waals surface area contributed by atoms with Crippen LogP contribution in [0.1, 0.15) is 52.4 Å². The zero-order chi connectivity index (χ0) is 19.2. The van der Waals surface area contributed by atoms with Crippen molar-refractivity contribution in [1.82, 2.24) is 10.2 Å². The van der Waals surface area contributed by atoms with Gasteiger partial charge in [0.15, 0.2) is 0 Å². The largest absolute Gasteiger partial charge is 0.497 e. The van der Waals surface area contributed by atoms with Crippen LogP contribution in [0.5, 0.6) is 5.75 Å². The molecule has 0 unspecified atom stereocenters. The van der Waals surface area contributed by atoms with Gasteiger partial charge in [-0.15, -0.1) is 0 Å². The third-order valence-electron chi connectivity index (χ3n) is 5.41. The van der Waals surface area contributed by atoms with Crippen LogP contribution >= 0.6 is 0 Å². The van der Waals surface area contributed by atoms with E-state index in [1.54, 1.807) is 7.11 Å². The minimum atomic E-state index is 0.00280. The van der Waals surface area contributed by atoms with E-state index in [-0.39, 0.29) is 11.9 Å². The van der Waals surface area contributed by atoms with E-state index >= 15 is 0 Å². The highest BCUT2D eigenvalue weighted by atomic mass is 16.5. The maximum Gasteiger partial charge on any atom is 0.251 e. The monoisotopic (exact) mass is 366 g/mol. The zero-order valence-electron chi connectivity index (χ0n) is 16.6. The summed E-state index contributed by atoms with van der Waals surface area (Å²) in [5, 5.41) is 3.17. The number of carbonyl (C=O) groups excluding carboxylic acids is 1. The second-order valence-electron chi connectivity index (χ2n) is 7.41. The Kier molecular flexibility index (Phi) is 6.51. The molecule has 1 aliphatic rings. The van der Waals surface area contributed by atoms with Crippen LogP contribution in [0.15, 0.2) is 42.5 Å². The van der Waals surface area contributed by atoms with Crippen molar-refractivity contribution < 1.29 is 9.53 Å². The summed E-state index contributed by atoms with van der Waals surface area (Å²) in [6, 6.07) is 14.4. The Labute approximate surface area is 162 Å². The molecule has 1 fully saturated rings. The second kappa shape index (κ2) is 9.05. The Bertz CT molecular complexity index is 764. The van der Waals surface area contributed by atoms with Crippen molar-refractivity contribution in [3.05, 3.63) is 64.7 Å². The number of amides is 1. The van der Waals surface area contributed by atoms with E-state index in [9.17, 15) is 4.79 Å². The molecule has 0 aliphatic carbocycles. The molecule has 1 N–H and O–H groups in total. The number of nitrogens with one attached hydrogen (secondary N) is 1. The molecule has 1 aliphatic heterocycles. The van der Waals surface area contributed by atoms with Crippen LogP contribution in [0.25, 0.3) is 0 Å². The summed E-state index contributed by atoms with van der Waals surface area (Å²) in [5.74, 6) is 0.860. The fourth-order valence-corrected chi connectivity index (χ4v) is 3.87. The fourth-order valence-electron chi connectivity index (χ4n) is 3.87. The number of methoxy groups -OCH3 is 1. The van der Waals surface area contributed by atoms with Gasteiger partial charge in [0, 0.05) is 12.1 Å². The predicted molar refractivity (Wildman–Crippen MR) is 109 cm³/mol. The van der Waals surface area contributed by atoms with Gasteiger partial charge < -0.3 is 10.1 Å². The molecule has 0 spiro atoms. The highest BCUT2D eigenvalue weighted by Crippen LogP contribution is 2.26. The fraction of sp³-hybridized carbons (Fsp3) is 0.435. The molecule has 2 aromatic rings. The number of aryl methyl sites for hydroxylation is 2. The third kappa shape index (κ3) is 4.89. The molecule has 0 saturated carbocycles. The quantitative estimate of drug-likeness (QED) is 0.830. The van der Waals surface area contributed by atoms with Crippen molar-refractivity contribution in [2.75, 3.05) is 26.7 Å². The summed E-state index contributed by atoms with van der Waals surface area (Å²) < 4.78 is 5.29. The number of piperidine rings is 1. The van der Waals surface area contributed by atoms with Gasteiger partial charge in [0.25, 0.3) is 5.91 Å². The molecule has 144 valence electrons. The smallest absolute Gasteiger partial charge is 0.251 e. The van der Waals surface area contributed by atoms with Crippen LogP contribution in [0.3, 0.4) is 0 Å². The summed E-state index contributed by atoms with van der Waals surface area (Å²) in [6.45, 7) is 6.81. The molecule has 3 rings (SSSR count). The molecule has 1 heterocycles. The van der Waals surface area contributed by atoms with E-state index in [0.29, 0.717) is 6.54 Å². The van der Waals surface area contributed by atoms with Crippen LogP contribution < -0.4 is 10.1 Å². The number of likely N-dealkylation sites (tertiary alicyclic amines) is 1. The summed E-state index contributed by atoms with van der Waals surface area (Å²) in [4.78, 5) is 15.2. The maximum atomic E-state index is 12.7. The molecule has 27 heavy (non-hydrogen) atoms. The summed E-state index contributed by atoms with van der Waals surface area (Å²) >= 11 is 0. The van der Waals surface area contributed by atoms with E-state index in [2.05, 4.69) is 28.4 Å². The minimum Gasteiger partial charge on any atom is -0.497 e. The lowest BCUT2D eigenvalue weighted by Crippen LogP contribution is -2.40. The van der Waals surface area contributed by atoms with Gasteiger partial charge in [-0.3, -0.25) is 9.69 Å². The van der Waals surface area contributed by atoms with Crippen LogP contribution in [-0.4, -0.2) is 37.6 Å². The van der Waals surface area contributed by atoms with Gasteiger partial charge in [-0.1, -0.05) is 36.2 Å². The zero-order valence-corrected chi connectivity index (χ0v) is 16.6. The molecular formula is C23H30N2O2. The number of nitrogens with zero attached hydrogens (tertiary/aromatic N) is 1. The van der Waals surface area contributed by atoms with E-state index in [0.717, 1.165) is 30.0 Å². The summed E-state index contributed by atoms with van der Waals surface area (Å²) in [5.41, 5.74) is 4.17. The summed E-state index contributed by atoms with van der Waals surface area (Å²) in [7, 11) is 1.68. The number of hydrogen-bond acceptors (Lipinski definition) is 3. The van der Waals surface area contributed by atoms with Crippen LogP contribution in [0.2, 0.25) is 0 Å².